The third-order valence-electron chi connectivity index (χ3n) is 7.13. The molecule has 0 atom stereocenters. The molecule has 0 saturated carbocycles. The molecule has 0 unspecified atom stereocenters. The van der Waals surface area contributed by atoms with Crippen LogP contribution in [-0.2, 0) is 38.9 Å². The van der Waals surface area contributed by atoms with E-state index in [1.165, 1.54) is 11.1 Å². The Morgan fingerprint density at radius 1 is 0.769 bits per heavy atom. The zero-order chi connectivity index (χ0) is 26.8. The summed E-state index contributed by atoms with van der Waals surface area (Å²) in [6, 6.07) is 28.7. The van der Waals surface area contributed by atoms with Gasteiger partial charge < -0.3 is 9.13 Å². The number of benzene rings is 3. The molecule has 0 radical (unpaired) electrons. The van der Waals surface area contributed by atoms with E-state index >= 15 is 0 Å². The molecular weight excluding hydrogens is 661 g/mol. The Hall–Kier alpha value is -3.43. The largest absolute Gasteiger partial charge is 2.00 e. The summed E-state index contributed by atoms with van der Waals surface area (Å²) in [6.45, 7) is 13.3. The molecule has 0 aliphatic carbocycles. The first-order chi connectivity index (χ1) is 18.0. The number of para-hydroxylation sites is 1. The van der Waals surface area contributed by atoms with E-state index in [2.05, 4.69) is 129 Å². The fraction of sp³-hybridized carbons (Fsp3) is 0.273. The Morgan fingerprint density at radius 3 is 2.23 bits per heavy atom. The van der Waals surface area contributed by atoms with Gasteiger partial charge in [0.15, 0.2) is 0 Å². The Balaban J connectivity index is 0.00000308. The first-order valence-electron chi connectivity index (χ1n) is 13.1. The van der Waals surface area contributed by atoms with Gasteiger partial charge in [0.05, 0.1) is 11.5 Å². The van der Waals surface area contributed by atoms with Crippen molar-refractivity contribution in [3.63, 3.8) is 0 Å². The average molecular weight is 695 g/mol. The molecule has 200 valence electrons. The minimum atomic E-state index is -0.0732. The van der Waals surface area contributed by atoms with Crippen molar-refractivity contribution in [3.8, 4) is 22.8 Å². The van der Waals surface area contributed by atoms with E-state index in [4.69, 9.17) is 5.10 Å². The van der Waals surface area contributed by atoms with Crippen LogP contribution >= 0.6 is 0 Å². The van der Waals surface area contributed by atoms with Crippen LogP contribution in [-0.4, -0.2) is 23.9 Å². The smallest absolute Gasteiger partial charge is 0.373 e. The van der Waals surface area contributed by atoms with Crippen molar-refractivity contribution in [1.82, 2.24) is 23.9 Å². The SMILES string of the molecule is Cn1ccnc1-c1[c-]c(-n2c3[c-]c(-n4nc(C(C)(C)C)cc4C(C)(C)C)ccc3c3ccccc32)ccc1.[Pt+2]. The summed E-state index contributed by atoms with van der Waals surface area (Å²) in [5.41, 5.74) is 7.09. The fourth-order valence-corrected chi connectivity index (χ4v) is 5.06. The molecule has 5 nitrogen and oxygen atoms in total. The van der Waals surface area contributed by atoms with Gasteiger partial charge in [-0.2, -0.15) is 11.2 Å². The van der Waals surface area contributed by atoms with Gasteiger partial charge >= 0.3 is 21.1 Å². The van der Waals surface area contributed by atoms with E-state index in [0.717, 1.165) is 44.9 Å². The topological polar surface area (TPSA) is 40.6 Å². The molecule has 6 aromatic rings. The van der Waals surface area contributed by atoms with Gasteiger partial charge in [-0.3, -0.25) is 9.67 Å². The molecule has 0 bridgehead atoms. The van der Waals surface area contributed by atoms with Crippen molar-refractivity contribution < 1.29 is 21.1 Å². The normalized spacial score (nSPS) is 12.3. The molecule has 0 aliphatic rings. The average Bonchev–Trinajstić information content (AvgIpc) is 3.58. The summed E-state index contributed by atoms with van der Waals surface area (Å²) in [5, 5.41) is 7.44. The van der Waals surface area contributed by atoms with Gasteiger partial charge in [0, 0.05) is 41.5 Å². The van der Waals surface area contributed by atoms with Crippen molar-refractivity contribution in [2.75, 3.05) is 0 Å². The first-order valence-corrected chi connectivity index (χ1v) is 13.1. The third-order valence-corrected chi connectivity index (χ3v) is 7.13. The van der Waals surface area contributed by atoms with Crippen LogP contribution in [0.4, 0.5) is 0 Å². The summed E-state index contributed by atoms with van der Waals surface area (Å²) in [6.07, 6.45) is 3.78. The van der Waals surface area contributed by atoms with Gasteiger partial charge in [0.2, 0.25) is 0 Å². The second-order valence-electron chi connectivity index (χ2n) is 12.1. The van der Waals surface area contributed by atoms with Crippen LogP contribution in [0.3, 0.4) is 0 Å². The molecule has 0 amide bonds. The molecule has 0 fully saturated rings. The molecule has 6 rings (SSSR count). The molecule has 0 saturated heterocycles. The third kappa shape index (κ3) is 4.67. The zero-order valence-corrected chi connectivity index (χ0v) is 25.8. The van der Waals surface area contributed by atoms with Gasteiger partial charge in [0.25, 0.3) is 0 Å². The number of rotatable bonds is 3. The number of nitrogens with zero attached hydrogens (tertiary/aromatic N) is 5. The van der Waals surface area contributed by atoms with Crippen LogP contribution in [0.1, 0.15) is 52.9 Å². The van der Waals surface area contributed by atoms with Crippen LogP contribution in [0.15, 0.2) is 73.1 Å². The standard InChI is InChI=1S/C33H33N5.Pt/c1-32(2,3)29-21-30(33(4,5)6)38(35-29)24-15-16-26-25-13-8-9-14-27(25)37(28(26)20-24)23-12-10-11-22(19-23)31-34-17-18-36(31)7;/h8-18,21H,1-7H3;/q-2;+2. The zero-order valence-electron chi connectivity index (χ0n) is 23.5. The van der Waals surface area contributed by atoms with Crippen molar-refractivity contribution in [2.45, 2.75) is 52.4 Å². The van der Waals surface area contributed by atoms with Crippen molar-refractivity contribution in [1.29, 1.82) is 0 Å². The molecule has 3 aromatic heterocycles. The molecule has 3 aromatic carbocycles. The molecule has 0 spiro atoms. The van der Waals surface area contributed by atoms with Crippen LogP contribution in [0.25, 0.3) is 44.6 Å². The van der Waals surface area contributed by atoms with Crippen molar-refractivity contribution in [3.05, 3.63) is 96.6 Å². The molecule has 3 heterocycles. The maximum absolute atomic E-state index is 5.10. The Bertz CT molecular complexity index is 1800. The molecule has 0 aliphatic heterocycles. The minimum Gasteiger partial charge on any atom is -0.373 e. The maximum Gasteiger partial charge on any atom is 2.00 e. The molecule has 6 heteroatoms. The fourth-order valence-electron chi connectivity index (χ4n) is 5.06. The summed E-state index contributed by atoms with van der Waals surface area (Å²) in [4.78, 5) is 4.54. The Morgan fingerprint density at radius 2 is 1.54 bits per heavy atom. The van der Waals surface area contributed by atoms with Crippen LogP contribution in [0.2, 0.25) is 0 Å². The maximum atomic E-state index is 5.10. The van der Waals surface area contributed by atoms with Crippen molar-refractivity contribution in [2.24, 2.45) is 7.05 Å². The van der Waals surface area contributed by atoms with Crippen LogP contribution < -0.4 is 0 Å². The number of aromatic nitrogens is 5. The summed E-state index contributed by atoms with van der Waals surface area (Å²) >= 11 is 0. The predicted molar refractivity (Wildman–Crippen MR) is 155 cm³/mol. The predicted octanol–water partition coefficient (Wildman–Crippen LogP) is 7.56. The summed E-state index contributed by atoms with van der Waals surface area (Å²) < 4.78 is 6.35. The quantitative estimate of drug-likeness (QED) is 0.180. The van der Waals surface area contributed by atoms with Gasteiger partial charge in [-0.15, -0.1) is 47.3 Å². The monoisotopic (exact) mass is 694 g/mol. The van der Waals surface area contributed by atoms with Crippen molar-refractivity contribution >= 4 is 21.8 Å². The summed E-state index contributed by atoms with van der Waals surface area (Å²) in [7, 11) is 2.01. The van der Waals surface area contributed by atoms with E-state index in [1.54, 1.807) is 0 Å². The number of hydrogen-bond donors (Lipinski definition) is 0. The Kier molecular flexibility index (Phi) is 6.71. The van der Waals surface area contributed by atoms with E-state index in [1.807, 2.05) is 24.0 Å². The van der Waals surface area contributed by atoms with E-state index in [9.17, 15) is 0 Å². The molecular formula is C33H33N5Pt. The first kappa shape index (κ1) is 27.1. The van der Waals surface area contributed by atoms with E-state index in [-0.39, 0.29) is 31.9 Å². The second-order valence-corrected chi connectivity index (χ2v) is 12.1. The number of imidazole rings is 1. The van der Waals surface area contributed by atoms with Gasteiger partial charge in [0.1, 0.15) is 0 Å². The van der Waals surface area contributed by atoms with Gasteiger partial charge in [-0.1, -0.05) is 65.3 Å². The second kappa shape index (κ2) is 9.64. The van der Waals surface area contributed by atoms with Crippen LogP contribution in [0.5, 0.6) is 0 Å². The number of aryl methyl sites for hydroxylation is 1. The van der Waals surface area contributed by atoms with E-state index in [0.29, 0.717) is 0 Å². The van der Waals surface area contributed by atoms with Crippen LogP contribution in [0, 0.1) is 12.1 Å². The molecule has 0 N–H and O–H groups in total. The number of hydrogen-bond acceptors (Lipinski definition) is 2. The van der Waals surface area contributed by atoms with Gasteiger partial charge in [-0.05, 0) is 28.9 Å². The Labute approximate surface area is 244 Å². The molecule has 39 heavy (non-hydrogen) atoms. The summed E-state index contributed by atoms with van der Waals surface area (Å²) in [5.74, 6) is 0.887. The number of fused-ring (bicyclic) bond motifs is 3. The van der Waals surface area contributed by atoms with Gasteiger partial charge in [-0.25, -0.2) is 0 Å². The minimum absolute atomic E-state index is 0. The van der Waals surface area contributed by atoms with E-state index < -0.39 is 0 Å².